The fourth-order valence-electron chi connectivity index (χ4n) is 4.57. The van der Waals surface area contributed by atoms with E-state index < -0.39 is 27.9 Å². The summed E-state index contributed by atoms with van der Waals surface area (Å²) in [6, 6.07) is 25.2. The maximum Gasteiger partial charge on any atom is 0.272 e. The molecule has 13 heteroatoms. The van der Waals surface area contributed by atoms with E-state index in [4.69, 9.17) is 16.3 Å². The second-order valence-corrected chi connectivity index (χ2v) is 11.6. The fraction of sp³-hybridized carbons (Fsp3) is 0.0909. The van der Waals surface area contributed by atoms with Crippen LogP contribution in [0.4, 0.5) is 17.1 Å². The van der Waals surface area contributed by atoms with Gasteiger partial charge < -0.3 is 15.4 Å². The summed E-state index contributed by atoms with van der Waals surface area (Å²) in [5, 5.41) is 16.0. The first-order chi connectivity index (χ1) is 22.1. The number of hydrogen-bond donors (Lipinski definition) is 2. The van der Waals surface area contributed by atoms with Gasteiger partial charge in [0.25, 0.3) is 17.5 Å². The van der Waals surface area contributed by atoms with Gasteiger partial charge >= 0.3 is 0 Å². The number of benzene rings is 4. The number of rotatable bonds is 10. The molecule has 1 heterocycles. The number of non-ortho nitro benzene ring substituents is 1. The molecule has 4 amide bonds. The molecule has 1 aliphatic rings. The minimum atomic E-state index is -0.706. The molecular formula is C33H25ClN4O7S. The van der Waals surface area contributed by atoms with Crippen LogP contribution in [-0.2, 0) is 14.4 Å². The normalized spacial score (nSPS) is 14.6. The van der Waals surface area contributed by atoms with Crippen molar-refractivity contribution >= 4 is 70.1 Å². The first-order valence-corrected chi connectivity index (χ1v) is 15.0. The summed E-state index contributed by atoms with van der Waals surface area (Å²) in [7, 11) is 1.47. The number of halogens is 1. The maximum absolute atomic E-state index is 13.4. The standard InChI is InChI=1S/C33H25ClN4O7S/c1-45-28-15-14-24(18-26(28)34)37-30(39)19-29(33(37)42)46-25-9-5-8-22(17-25)35-32(41)27(36-31(40)21-6-3-2-4-7-21)16-20-10-12-23(13-11-20)38(43)44/h2-18,29H,19H2,1H3,(H,35,41)(H,36,40). The summed E-state index contributed by atoms with van der Waals surface area (Å²) in [6.45, 7) is 0. The van der Waals surface area contributed by atoms with Crippen molar-refractivity contribution in [3.63, 3.8) is 0 Å². The molecule has 1 saturated heterocycles. The predicted molar refractivity (Wildman–Crippen MR) is 175 cm³/mol. The van der Waals surface area contributed by atoms with E-state index in [2.05, 4.69) is 10.6 Å². The van der Waals surface area contributed by atoms with E-state index in [1.54, 1.807) is 66.7 Å². The Morgan fingerprint density at radius 3 is 2.41 bits per heavy atom. The van der Waals surface area contributed by atoms with Crippen LogP contribution < -0.4 is 20.3 Å². The first kappa shape index (κ1) is 31.9. The molecule has 4 aromatic carbocycles. The summed E-state index contributed by atoms with van der Waals surface area (Å²) in [4.78, 5) is 64.7. The third kappa shape index (κ3) is 7.42. The molecule has 0 radical (unpaired) electrons. The molecule has 1 fully saturated rings. The number of amides is 4. The van der Waals surface area contributed by atoms with Gasteiger partial charge in [-0.1, -0.05) is 35.9 Å². The molecule has 232 valence electrons. The molecule has 1 unspecified atom stereocenters. The Labute approximate surface area is 272 Å². The molecule has 0 aliphatic carbocycles. The lowest BCUT2D eigenvalue weighted by Gasteiger charge is -2.16. The minimum Gasteiger partial charge on any atom is -0.495 e. The molecule has 1 atom stereocenters. The van der Waals surface area contributed by atoms with Gasteiger partial charge in [0.15, 0.2) is 0 Å². The van der Waals surface area contributed by atoms with Gasteiger partial charge in [0.05, 0.1) is 28.0 Å². The van der Waals surface area contributed by atoms with Crippen LogP contribution in [0.3, 0.4) is 0 Å². The number of nitrogens with zero attached hydrogens (tertiary/aromatic N) is 2. The summed E-state index contributed by atoms with van der Waals surface area (Å²) in [5.41, 5.74) is 1.25. The number of anilines is 2. The lowest BCUT2D eigenvalue weighted by atomic mass is 10.1. The van der Waals surface area contributed by atoms with Crippen molar-refractivity contribution < 1.29 is 28.8 Å². The SMILES string of the molecule is COc1ccc(N2C(=O)CC(Sc3cccc(NC(=O)C(=Cc4ccc([N+](=O)[O-])cc4)NC(=O)c4ccccc4)c3)C2=O)cc1Cl. The van der Waals surface area contributed by atoms with Crippen molar-refractivity contribution in [1.82, 2.24) is 5.32 Å². The molecule has 1 aliphatic heterocycles. The highest BCUT2D eigenvalue weighted by molar-refractivity contribution is 8.00. The highest BCUT2D eigenvalue weighted by Gasteiger charge is 2.40. The van der Waals surface area contributed by atoms with E-state index in [-0.39, 0.29) is 28.7 Å². The number of nitro benzene ring substituents is 1. The van der Waals surface area contributed by atoms with E-state index >= 15 is 0 Å². The van der Waals surface area contributed by atoms with E-state index in [0.29, 0.717) is 33.1 Å². The lowest BCUT2D eigenvalue weighted by Crippen LogP contribution is -2.31. The fourth-order valence-corrected chi connectivity index (χ4v) is 5.94. The van der Waals surface area contributed by atoms with Gasteiger partial charge in [-0.15, -0.1) is 11.8 Å². The van der Waals surface area contributed by atoms with Crippen LogP contribution >= 0.6 is 23.4 Å². The van der Waals surface area contributed by atoms with E-state index in [1.165, 1.54) is 55.3 Å². The van der Waals surface area contributed by atoms with Crippen LogP contribution in [0.2, 0.25) is 5.02 Å². The Morgan fingerprint density at radius 1 is 1.00 bits per heavy atom. The average molecular weight is 657 g/mol. The number of nitro groups is 1. The molecule has 0 spiro atoms. The van der Waals surface area contributed by atoms with E-state index in [0.717, 1.165) is 4.90 Å². The Kier molecular flexibility index (Phi) is 9.79. The molecule has 0 aromatic heterocycles. The summed E-state index contributed by atoms with van der Waals surface area (Å²) in [5.74, 6) is -1.54. The Hall–Kier alpha value is -5.46. The topological polar surface area (TPSA) is 148 Å². The number of ether oxygens (including phenoxy) is 1. The van der Waals surface area contributed by atoms with Gasteiger partial charge in [-0.2, -0.15) is 0 Å². The zero-order valence-corrected chi connectivity index (χ0v) is 25.7. The van der Waals surface area contributed by atoms with Crippen molar-refractivity contribution in [2.45, 2.75) is 16.6 Å². The quantitative estimate of drug-likeness (QED) is 0.0902. The Balaban J connectivity index is 1.33. The maximum atomic E-state index is 13.4. The molecule has 4 aromatic rings. The van der Waals surface area contributed by atoms with Gasteiger partial charge in [-0.25, -0.2) is 4.90 Å². The molecule has 5 rings (SSSR count). The first-order valence-electron chi connectivity index (χ1n) is 13.7. The monoisotopic (exact) mass is 656 g/mol. The highest BCUT2D eigenvalue weighted by Crippen LogP contribution is 2.37. The van der Waals surface area contributed by atoms with Crippen LogP contribution in [0.25, 0.3) is 6.08 Å². The van der Waals surface area contributed by atoms with Crippen LogP contribution in [0.15, 0.2) is 108 Å². The van der Waals surface area contributed by atoms with Crippen LogP contribution in [-0.4, -0.2) is 40.9 Å². The zero-order valence-electron chi connectivity index (χ0n) is 24.1. The van der Waals surface area contributed by atoms with Crippen LogP contribution in [0, 0.1) is 10.1 Å². The van der Waals surface area contributed by atoms with Gasteiger partial charge in [0, 0.05) is 34.7 Å². The lowest BCUT2D eigenvalue weighted by molar-refractivity contribution is -0.384. The van der Waals surface area contributed by atoms with Crippen LogP contribution in [0.5, 0.6) is 5.75 Å². The molecule has 0 saturated carbocycles. The van der Waals surface area contributed by atoms with Crippen molar-refractivity contribution in [3.05, 3.63) is 129 Å². The molecular weight excluding hydrogens is 632 g/mol. The van der Waals surface area contributed by atoms with Gasteiger partial charge in [0.1, 0.15) is 11.4 Å². The third-order valence-electron chi connectivity index (χ3n) is 6.81. The summed E-state index contributed by atoms with van der Waals surface area (Å²) >= 11 is 7.38. The van der Waals surface area contributed by atoms with Gasteiger partial charge in [-0.3, -0.25) is 29.3 Å². The van der Waals surface area contributed by atoms with Gasteiger partial charge in [-0.05, 0) is 72.3 Å². The predicted octanol–water partition coefficient (Wildman–Crippen LogP) is 6.09. The van der Waals surface area contributed by atoms with Crippen molar-refractivity contribution in [2.75, 3.05) is 17.3 Å². The number of thioether (sulfide) groups is 1. The number of carbonyl (C=O) groups is 4. The van der Waals surface area contributed by atoms with Crippen molar-refractivity contribution in [1.29, 1.82) is 0 Å². The van der Waals surface area contributed by atoms with Crippen LogP contribution in [0.1, 0.15) is 22.3 Å². The average Bonchev–Trinajstić information content (AvgIpc) is 3.33. The molecule has 2 N–H and O–H groups in total. The number of hydrogen-bond acceptors (Lipinski definition) is 8. The summed E-state index contributed by atoms with van der Waals surface area (Å²) in [6.07, 6.45) is 1.37. The third-order valence-corrected chi connectivity index (χ3v) is 8.29. The second kappa shape index (κ2) is 14.1. The number of imide groups is 1. The molecule has 46 heavy (non-hydrogen) atoms. The van der Waals surface area contributed by atoms with Crippen molar-refractivity contribution in [2.24, 2.45) is 0 Å². The van der Waals surface area contributed by atoms with Gasteiger partial charge in [0.2, 0.25) is 11.8 Å². The Bertz CT molecular complexity index is 1870. The smallest absolute Gasteiger partial charge is 0.272 e. The summed E-state index contributed by atoms with van der Waals surface area (Å²) < 4.78 is 5.15. The minimum absolute atomic E-state index is 0.0304. The van der Waals surface area contributed by atoms with E-state index in [9.17, 15) is 29.3 Å². The zero-order chi connectivity index (χ0) is 32.8. The highest BCUT2D eigenvalue weighted by atomic mass is 35.5. The second-order valence-electron chi connectivity index (χ2n) is 9.91. The number of nitrogens with one attached hydrogen (secondary N) is 2. The number of carbonyl (C=O) groups excluding carboxylic acids is 4. The van der Waals surface area contributed by atoms with E-state index in [1.807, 2.05) is 0 Å². The largest absolute Gasteiger partial charge is 0.495 e. The molecule has 0 bridgehead atoms. The molecule has 11 nitrogen and oxygen atoms in total. The Morgan fingerprint density at radius 2 is 1.74 bits per heavy atom. The number of methoxy groups -OCH3 is 1. The van der Waals surface area contributed by atoms with Crippen molar-refractivity contribution in [3.8, 4) is 5.75 Å².